The topological polar surface area (TPSA) is 33.0 Å². The van der Waals surface area contributed by atoms with Gasteiger partial charge in [-0.15, -0.1) is 0 Å². The molecule has 0 amide bonds. The summed E-state index contributed by atoms with van der Waals surface area (Å²) >= 11 is 0. The number of fused-ring (bicyclic) bond motifs is 1. The molecule has 2 nitrogen and oxygen atoms in total. The molecule has 0 aromatic heterocycles. The molecule has 0 bridgehead atoms. The van der Waals surface area contributed by atoms with Crippen LogP contribution in [0, 0.1) is 11.3 Å². The molecule has 0 aliphatic carbocycles. The van der Waals surface area contributed by atoms with Crippen molar-refractivity contribution in [1.82, 2.24) is 0 Å². The third kappa shape index (κ3) is 3.04. The standard InChI is InChI=1S/C19H15NO/c20-12-11-17-8-4-7-16-9-10-18(13-19(16)17)21-14-15-5-2-1-3-6-15/h1-10,13H,11,14H2. The van der Waals surface area contributed by atoms with Gasteiger partial charge < -0.3 is 4.74 Å². The minimum absolute atomic E-state index is 0.416. The lowest BCUT2D eigenvalue weighted by Gasteiger charge is -2.09. The molecule has 0 heterocycles. The zero-order valence-electron chi connectivity index (χ0n) is 11.6. The van der Waals surface area contributed by atoms with Crippen molar-refractivity contribution in [2.45, 2.75) is 13.0 Å². The van der Waals surface area contributed by atoms with Crippen molar-refractivity contribution >= 4 is 10.8 Å². The Labute approximate surface area is 124 Å². The van der Waals surface area contributed by atoms with Gasteiger partial charge in [0.25, 0.3) is 0 Å². The van der Waals surface area contributed by atoms with E-state index in [4.69, 9.17) is 10.00 Å². The minimum atomic E-state index is 0.416. The summed E-state index contributed by atoms with van der Waals surface area (Å²) in [5, 5.41) is 11.1. The molecule has 21 heavy (non-hydrogen) atoms. The van der Waals surface area contributed by atoms with Gasteiger partial charge in [-0.2, -0.15) is 5.26 Å². The summed E-state index contributed by atoms with van der Waals surface area (Å²) in [6, 6.07) is 24.4. The number of nitriles is 1. The highest BCUT2D eigenvalue weighted by atomic mass is 16.5. The molecule has 0 aliphatic rings. The molecule has 3 rings (SSSR count). The molecule has 0 spiro atoms. The maximum absolute atomic E-state index is 8.92. The fraction of sp³-hybridized carbons (Fsp3) is 0.105. The molecule has 0 saturated heterocycles. The van der Waals surface area contributed by atoms with Crippen LogP contribution in [0.2, 0.25) is 0 Å². The Hall–Kier alpha value is -2.79. The van der Waals surface area contributed by atoms with E-state index in [1.54, 1.807) is 0 Å². The largest absolute Gasteiger partial charge is 0.489 e. The number of rotatable bonds is 4. The van der Waals surface area contributed by atoms with Gasteiger partial charge in [-0.1, -0.05) is 54.6 Å². The van der Waals surface area contributed by atoms with Crippen LogP contribution >= 0.6 is 0 Å². The van der Waals surface area contributed by atoms with Crippen LogP contribution in [0.3, 0.4) is 0 Å². The third-order valence-electron chi connectivity index (χ3n) is 3.46. The van der Waals surface area contributed by atoms with Gasteiger partial charge in [-0.05, 0) is 34.0 Å². The van der Waals surface area contributed by atoms with Crippen molar-refractivity contribution in [1.29, 1.82) is 5.26 Å². The molecular formula is C19H15NO. The summed E-state index contributed by atoms with van der Waals surface area (Å²) in [6.07, 6.45) is 0.416. The van der Waals surface area contributed by atoms with E-state index in [0.29, 0.717) is 13.0 Å². The lowest BCUT2D eigenvalue weighted by molar-refractivity contribution is 0.306. The van der Waals surface area contributed by atoms with Crippen LogP contribution in [0.1, 0.15) is 11.1 Å². The fourth-order valence-corrected chi connectivity index (χ4v) is 2.39. The summed E-state index contributed by atoms with van der Waals surface area (Å²) in [7, 11) is 0. The second-order valence-electron chi connectivity index (χ2n) is 4.91. The molecule has 0 radical (unpaired) electrons. The summed E-state index contributed by atoms with van der Waals surface area (Å²) in [5.74, 6) is 0.830. The summed E-state index contributed by atoms with van der Waals surface area (Å²) in [6.45, 7) is 0.548. The quantitative estimate of drug-likeness (QED) is 0.702. The highest BCUT2D eigenvalue weighted by molar-refractivity contribution is 5.87. The zero-order chi connectivity index (χ0) is 14.5. The van der Waals surface area contributed by atoms with E-state index < -0.39 is 0 Å². The molecule has 0 fully saturated rings. The maximum Gasteiger partial charge on any atom is 0.120 e. The van der Waals surface area contributed by atoms with Crippen LogP contribution in [0.4, 0.5) is 0 Å². The predicted molar refractivity (Wildman–Crippen MR) is 84.0 cm³/mol. The van der Waals surface area contributed by atoms with E-state index in [1.165, 1.54) is 0 Å². The third-order valence-corrected chi connectivity index (χ3v) is 3.46. The van der Waals surface area contributed by atoms with Gasteiger partial charge in [0.15, 0.2) is 0 Å². The van der Waals surface area contributed by atoms with Crippen LogP contribution in [0.15, 0.2) is 66.7 Å². The van der Waals surface area contributed by atoms with Crippen molar-refractivity contribution in [3.05, 3.63) is 77.9 Å². The average molecular weight is 273 g/mol. The molecule has 0 saturated carbocycles. The Bertz CT molecular complexity index is 788. The van der Waals surface area contributed by atoms with Crippen molar-refractivity contribution in [3.63, 3.8) is 0 Å². The second kappa shape index (κ2) is 6.11. The molecule has 0 unspecified atom stereocenters. The molecule has 3 aromatic rings. The van der Waals surface area contributed by atoms with Gasteiger partial charge in [-0.3, -0.25) is 0 Å². The Kier molecular flexibility index (Phi) is 3.84. The first-order valence-electron chi connectivity index (χ1n) is 6.92. The van der Waals surface area contributed by atoms with Gasteiger partial charge in [0.2, 0.25) is 0 Å². The average Bonchev–Trinajstić information content (AvgIpc) is 2.54. The van der Waals surface area contributed by atoms with E-state index in [2.05, 4.69) is 12.1 Å². The molecule has 0 atom stereocenters. The van der Waals surface area contributed by atoms with Crippen molar-refractivity contribution in [2.75, 3.05) is 0 Å². The maximum atomic E-state index is 8.92. The van der Waals surface area contributed by atoms with Gasteiger partial charge in [-0.25, -0.2) is 0 Å². The highest BCUT2D eigenvalue weighted by Crippen LogP contribution is 2.25. The molecule has 0 N–H and O–H groups in total. The lowest BCUT2D eigenvalue weighted by Crippen LogP contribution is -1.95. The van der Waals surface area contributed by atoms with Crippen LogP contribution < -0.4 is 4.74 Å². The van der Waals surface area contributed by atoms with Gasteiger partial charge in [0.05, 0.1) is 12.5 Å². The van der Waals surface area contributed by atoms with E-state index in [0.717, 1.165) is 27.6 Å². The number of nitrogens with zero attached hydrogens (tertiary/aromatic N) is 1. The number of ether oxygens (including phenoxy) is 1. The number of hydrogen-bond donors (Lipinski definition) is 0. The lowest BCUT2D eigenvalue weighted by atomic mass is 10.0. The highest BCUT2D eigenvalue weighted by Gasteiger charge is 2.03. The van der Waals surface area contributed by atoms with Crippen LogP contribution in [-0.4, -0.2) is 0 Å². The van der Waals surface area contributed by atoms with Crippen LogP contribution in [-0.2, 0) is 13.0 Å². The van der Waals surface area contributed by atoms with Crippen molar-refractivity contribution in [3.8, 4) is 11.8 Å². The first-order chi connectivity index (χ1) is 10.4. The minimum Gasteiger partial charge on any atom is -0.489 e. The molecule has 3 aromatic carbocycles. The first kappa shape index (κ1) is 13.2. The van der Waals surface area contributed by atoms with E-state index in [1.807, 2.05) is 60.7 Å². The van der Waals surface area contributed by atoms with Crippen molar-refractivity contribution in [2.24, 2.45) is 0 Å². The molecule has 0 aliphatic heterocycles. The summed E-state index contributed by atoms with van der Waals surface area (Å²) < 4.78 is 5.85. The van der Waals surface area contributed by atoms with Gasteiger partial charge in [0.1, 0.15) is 12.4 Å². The van der Waals surface area contributed by atoms with Gasteiger partial charge in [0, 0.05) is 0 Å². The normalized spacial score (nSPS) is 10.2. The zero-order valence-corrected chi connectivity index (χ0v) is 11.6. The molecular weight excluding hydrogens is 258 g/mol. The first-order valence-corrected chi connectivity index (χ1v) is 6.92. The van der Waals surface area contributed by atoms with Crippen LogP contribution in [0.5, 0.6) is 5.75 Å². The second-order valence-corrected chi connectivity index (χ2v) is 4.91. The number of hydrogen-bond acceptors (Lipinski definition) is 2. The Morgan fingerprint density at radius 2 is 1.76 bits per heavy atom. The fourth-order valence-electron chi connectivity index (χ4n) is 2.39. The summed E-state index contributed by atoms with van der Waals surface area (Å²) in [5.41, 5.74) is 2.18. The smallest absolute Gasteiger partial charge is 0.120 e. The molecule has 102 valence electrons. The van der Waals surface area contributed by atoms with Gasteiger partial charge >= 0.3 is 0 Å². The SMILES string of the molecule is N#CCc1cccc2ccc(OCc3ccccc3)cc12. The van der Waals surface area contributed by atoms with Crippen molar-refractivity contribution < 1.29 is 4.74 Å². The Morgan fingerprint density at radius 1 is 0.905 bits per heavy atom. The van der Waals surface area contributed by atoms with E-state index in [-0.39, 0.29) is 0 Å². The molecule has 2 heteroatoms. The Balaban J connectivity index is 1.86. The van der Waals surface area contributed by atoms with Crippen LogP contribution in [0.25, 0.3) is 10.8 Å². The van der Waals surface area contributed by atoms with E-state index >= 15 is 0 Å². The monoisotopic (exact) mass is 273 g/mol. The summed E-state index contributed by atoms with van der Waals surface area (Å²) in [4.78, 5) is 0. The van der Waals surface area contributed by atoms with E-state index in [9.17, 15) is 0 Å². The number of benzene rings is 3. The Morgan fingerprint density at radius 3 is 2.57 bits per heavy atom. The predicted octanol–water partition coefficient (Wildman–Crippen LogP) is 4.48.